The normalized spacial score (nSPS) is 10.5. The molecule has 0 bridgehead atoms. The van der Waals surface area contributed by atoms with Crippen molar-refractivity contribution >= 4 is 11.3 Å². The molecule has 0 amide bonds. The van der Waals surface area contributed by atoms with Gasteiger partial charge in [-0.3, -0.25) is 4.90 Å². The number of hydrogen-bond donors (Lipinski definition) is 1. The number of aliphatic hydroxyl groups excluding tert-OH is 1. The second kappa shape index (κ2) is 5.92. The summed E-state index contributed by atoms with van der Waals surface area (Å²) < 4.78 is 0. The van der Waals surface area contributed by atoms with Crippen LogP contribution in [-0.4, -0.2) is 29.7 Å². The number of nitrogens with zero attached hydrogens (tertiary/aromatic N) is 1. The Labute approximate surface area is 95.5 Å². The summed E-state index contributed by atoms with van der Waals surface area (Å²) in [5.74, 6) is 5.57. The molecule has 0 aromatic carbocycles. The van der Waals surface area contributed by atoms with Gasteiger partial charge in [-0.15, -0.1) is 11.3 Å². The van der Waals surface area contributed by atoms with E-state index in [0.717, 1.165) is 11.4 Å². The van der Waals surface area contributed by atoms with Crippen molar-refractivity contribution in [3.05, 3.63) is 21.9 Å². The van der Waals surface area contributed by atoms with Crippen molar-refractivity contribution in [2.45, 2.75) is 26.4 Å². The van der Waals surface area contributed by atoms with Crippen LogP contribution in [0.5, 0.6) is 0 Å². The molecule has 1 aromatic heterocycles. The quantitative estimate of drug-likeness (QED) is 0.792. The predicted octanol–water partition coefficient (Wildman–Crippen LogP) is 1.93. The Kier molecular flexibility index (Phi) is 4.83. The Balaban J connectivity index is 2.60. The molecule has 0 atom stereocenters. The number of hydrogen-bond acceptors (Lipinski definition) is 3. The van der Waals surface area contributed by atoms with Gasteiger partial charge in [-0.1, -0.05) is 11.8 Å². The zero-order valence-corrected chi connectivity index (χ0v) is 10.3. The van der Waals surface area contributed by atoms with Crippen molar-refractivity contribution < 1.29 is 5.11 Å². The lowest BCUT2D eigenvalue weighted by molar-refractivity contribution is 0.268. The standard InChI is InChI=1S/C12H17NOS/c1-10(2)13(3)9-12-7-6-11(15-12)5-4-8-14/h6-7,10,14H,8-9H2,1-3H3. The lowest BCUT2D eigenvalue weighted by Gasteiger charge is -2.19. The van der Waals surface area contributed by atoms with Gasteiger partial charge in [0.25, 0.3) is 0 Å². The van der Waals surface area contributed by atoms with Crippen molar-refractivity contribution in [1.82, 2.24) is 4.90 Å². The van der Waals surface area contributed by atoms with E-state index in [-0.39, 0.29) is 6.61 Å². The first kappa shape index (κ1) is 12.3. The van der Waals surface area contributed by atoms with E-state index >= 15 is 0 Å². The first-order valence-electron chi connectivity index (χ1n) is 5.02. The Hall–Kier alpha value is -0.820. The molecule has 0 aliphatic carbocycles. The molecule has 0 saturated carbocycles. The van der Waals surface area contributed by atoms with E-state index < -0.39 is 0 Å². The van der Waals surface area contributed by atoms with E-state index in [1.165, 1.54) is 4.88 Å². The second-order valence-electron chi connectivity index (χ2n) is 3.73. The smallest absolute Gasteiger partial charge is 0.104 e. The minimum Gasteiger partial charge on any atom is -0.384 e. The summed E-state index contributed by atoms with van der Waals surface area (Å²) in [6.45, 7) is 5.25. The third-order valence-corrected chi connectivity index (χ3v) is 3.22. The van der Waals surface area contributed by atoms with Crippen molar-refractivity contribution in [2.24, 2.45) is 0 Å². The van der Waals surface area contributed by atoms with Crippen LogP contribution in [0.2, 0.25) is 0 Å². The molecule has 0 radical (unpaired) electrons. The van der Waals surface area contributed by atoms with Crippen LogP contribution >= 0.6 is 11.3 Å². The highest BCUT2D eigenvalue weighted by Crippen LogP contribution is 2.17. The zero-order valence-electron chi connectivity index (χ0n) is 9.45. The van der Waals surface area contributed by atoms with E-state index in [0.29, 0.717) is 6.04 Å². The van der Waals surface area contributed by atoms with Gasteiger partial charge >= 0.3 is 0 Å². The predicted molar refractivity (Wildman–Crippen MR) is 64.9 cm³/mol. The van der Waals surface area contributed by atoms with Crippen LogP contribution < -0.4 is 0 Å². The molecule has 0 saturated heterocycles. The van der Waals surface area contributed by atoms with Crippen LogP contribution in [-0.2, 0) is 6.54 Å². The van der Waals surface area contributed by atoms with Crippen LogP contribution in [0.3, 0.4) is 0 Å². The minimum absolute atomic E-state index is 0.0703. The summed E-state index contributed by atoms with van der Waals surface area (Å²) in [7, 11) is 2.11. The summed E-state index contributed by atoms with van der Waals surface area (Å²) in [4.78, 5) is 4.62. The maximum absolute atomic E-state index is 8.58. The molecule has 1 rings (SSSR count). The first-order valence-corrected chi connectivity index (χ1v) is 5.84. The van der Waals surface area contributed by atoms with E-state index in [1.807, 2.05) is 6.07 Å². The highest BCUT2D eigenvalue weighted by molar-refractivity contribution is 7.12. The topological polar surface area (TPSA) is 23.5 Å². The van der Waals surface area contributed by atoms with Crippen molar-refractivity contribution in [2.75, 3.05) is 13.7 Å². The maximum atomic E-state index is 8.58. The summed E-state index contributed by atoms with van der Waals surface area (Å²) in [5.41, 5.74) is 0. The second-order valence-corrected chi connectivity index (χ2v) is 4.90. The van der Waals surface area contributed by atoms with E-state index in [9.17, 15) is 0 Å². The Morgan fingerprint density at radius 3 is 2.80 bits per heavy atom. The molecule has 1 heterocycles. The molecular formula is C12H17NOS. The molecule has 0 unspecified atom stereocenters. The van der Waals surface area contributed by atoms with E-state index in [4.69, 9.17) is 5.11 Å². The molecule has 0 spiro atoms. The molecular weight excluding hydrogens is 206 g/mol. The van der Waals surface area contributed by atoms with E-state index in [1.54, 1.807) is 11.3 Å². The molecule has 0 fully saturated rings. The molecule has 0 aliphatic rings. The van der Waals surface area contributed by atoms with Crippen molar-refractivity contribution in [3.8, 4) is 11.8 Å². The maximum Gasteiger partial charge on any atom is 0.104 e. The lowest BCUT2D eigenvalue weighted by atomic mass is 10.3. The van der Waals surface area contributed by atoms with E-state index in [2.05, 4.69) is 43.7 Å². The van der Waals surface area contributed by atoms with Gasteiger partial charge in [-0.2, -0.15) is 0 Å². The highest BCUT2D eigenvalue weighted by atomic mass is 32.1. The average Bonchev–Trinajstić information content (AvgIpc) is 2.62. The molecule has 15 heavy (non-hydrogen) atoms. The number of aliphatic hydroxyl groups is 1. The van der Waals surface area contributed by atoms with Gasteiger partial charge in [0.15, 0.2) is 0 Å². The summed E-state index contributed by atoms with van der Waals surface area (Å²) in [5, 5.41) is 8.58. The Bertz CT molecular complexity index is 359. The minimum atomic E-state index is -0.0703. The largest absolute Gasteiger partial charge is 0.384 e. The first-order chi connectivity index (χ1) is 7.13. The molecule has 2 nitrogen and oxygen atoms in total. The summed E-state index contributed by atoms with van der Waals surface area (Å²) in [6.07, 6.45) is 0. The van der Waals surface area contributed by atoms with Crippen LogP contribution in [0.1, 0.15) is 23.6 Å². The van der Waals surface area contributed by atoms with Gasteiger partial charge in [0, 0.05) is 17.5 Å². The molecule has 1 N–H and O–H groups in total. The molecule has 0 aliphatic heterocycles. The van der Waals surface area contributed by atoms with Gasteiger partial charge in [0.2, 0.25) is 0 Å². The number of rotatable bonds is 3. The number of thiophene rings is 1. The zero-order chi connectivity index (χ0) is 11.3. The Morgan fingerprint density at radius 1 is 1.47 bits per heavy atom. The van der Waals surface area contributed by atoms with Crippen molar-refractivity contribution in [1.29, 1.82) is 0 Å². The van der Waals surface area contributed by atoms with Gasteiger partial charge in [-0.05, 0) is 33.0 Å². The van der Waals surface area contributed by atoms with Gasteiger partial charge in [0.1, 0.15) is 6.61 Å². The fourth-order valence-corrected chi connectivity index (χ4v) is 2.03. The van der Waals surface area contributed by atoms with Crippen molar-refractivity contribution in [3.63, 3.8) is 0 Å². The lowest BCUT2D eigenvalue weighted by Crippen LogP contribution is -2.24. The third kappa shape index (κ3) is 4.05. The van der Waals surface area contributed by atoms with Crippen LogP contribution in [0.4, 0.5) is 0 Å². The van der Waals surface area contributed by atoms with Crippen LogP contribution in [0, 0.1) is 11.8 Å². The monoisotopic (exact) mass is 223 g/mol. The Morgan fingerprint density at radius 2 is 2.20 bits per heavy atom. The fraction of sp³-hybridized carbons (Fsp3) is 0.500. The fourth-order valence-electron chi connectivity index (χ4n) is 1.09. The summed E-state index contributed by atoms with van der Waals surface area (Å²) in [6, 6.07) is 4.67. The summed E-state index contributed by atoms with van der Waals surface area (Å²) >= 11 is 1.69. The van der Waals surface area contributed by atoms with Gasteiger partial charge in [-0.25, -0.2) is 0 Å². The van der Waals surface area contributed by atoms with Crippen LogP contribution in [0.15, 0.2) is 12.1 Å². The molecule has 3 heteroatoms. The van der Waals surface area contributed by atoms with Gasteiger partial charge < -0.3 is 5.11 Å². The molecule has 82 valence electrons. The average molecular weight is 223 g/mol. The SMILES string of the molecule is CC(C)N(C)Cc1ccc(C#CCO)s1. The molecule has 1 aromatic rings. The van der Waals surface area contributed by atoms with Crippen LogP contribution in [0.25, 0.3) is 0 Å². The highest BCUT2D eigenvalue weighted by Gasteiger charge is 2.05. The van der Waals surface area contributed by atoms with Gasteiger partial charge in [0.05, 0.1) is 4.88 Å². The third-order valence-electron chi connectivity index (χ3n) is 2.24.